The van der Waals surface area contributed by atoms with Crippen molar-refractivity contribution in [3.05, 3.63) is 78.4 Å². The molecule has 3 nitrogen and oxygen atoms in total. The van der Waals surface area contributed by atoms with Crippen molar-refractivity contribution in [3.63, 3.8) is 0 Å². The molecule has 0 saturated heterocycles. The van der Waals surface area contributed by atoms with Gasteiger partial charge in [-0.05, 0) is 28.5 Å². The summed E-state index contributed by atoms with van der Waals surface area (Å²) in [6.45, 7) is 1.74. The summed E-state index contributed by atoms with van der Waals surface area (Å²) in [5.74, 6) is -0.752. The van der Waals surface area contributed by atoms with E-state index in [1.807, 2.05) is 72.8 Å². The first-order valence-corrected chi connectivity index (χ1v) is 7.68. The Balaban J connectivity index is 1.83. The summed E-state index contributed by atoms with van der Waals surface area (Å²) in [5.41, 5.74) is 1.51. The van der Waals surface area contributed by atoms with Crippen LogP contribution in [0.3, 0.4) is 0 Å². The number of carbonyl (C=O) groups is 1. The van der Waals surface area contributed by atoms with E-state index >= 15 is 0 Å². The molecule has 0 aromatic heterocycles. The van der Waals surface area contributed by atoms with Crippen LogP contribution in [0, 0.1) is 5.92 Å². The summed E-state index contributed by atoms with van der Waals surface area (Å²) in [4.78, 5) is 12.4. The molecule has 3 aromatic rings. The van der Waals surface area contributed by atoms with Gasteiger partial charge in [0.15, 0.2) is 0 Å². The Morgan fingerprint density at radius 1 is 0.913 bits per heavy atom. The van der Waals surface area contributed by atoms with Gasteiger partial charge in [-0.1, -0.05) is 67.6 Å². The summed E-state index contributed by atoms with van der Waals surface area (Å²) in [7, 11) is 0. The van der Waals surface area contributed by atoms with E-state index in [2.05, 4.69) is 5.32 Å². The number of benzene rings is 3. The van der Waals surface area contributed by atoms with Crippen molar-refractivity contribution in [2.24, 2.45) is 5.92 Å². The zero-order valence-electron chi connectivity index (χ0n) is 12.9. The molecule has 2 N–H and O–H groups in total. The predicted molar refractivity (Wildman–Crippen MR) is 93.1 cm³/mol. The van der Waals surface area contributed by atoms with Gasteiger partial charge in [0, 0.05) is 5.69 Å². The minimum atomic E-state index is -0.857. The molecule has 0 aliphatic heterocycles. The second kappa shape index (κ2) is 6.63. The number of para-hydroxylation sites is 1. The highest BCUT2D eigenvalue weighted by Crippen LogP contribution is 2.29. The molecule has 3 rings (SSSR count). The van der Waals surface area contributed by atoms with Crippen molar-refractivity contribution in [2.75, 3.05) is 5.32 Å². The molecule has 0 aliphatic carbocycles. The fourth-order valence-corrected chi connectivity index (χ4v) is 2.70. The summed E-state index contributed by atoms with van der Waals surface area (Å²) in [6, 6.07) is 22.9. The van der Waals surface area contributed by atoms with Gasteiger partial charge in [0.1, 0.15) is 0 Å². The van der Waals surface area contributed by atoms with E-state index in [0.717, 1.165) is 22.0 Å². The van der Waals surface area contributed by atoms with Crippen LogP contribution in [0.4, 0.5) is 5.69 Å². The van der Waals surface area contributed by atoms with Gasteiger partial charge in [-0.3, -0.25) is 4.79 Å². The summed E-state index contributed by atoms with van der Waals surface area (Å²) >= 11 is 0. The number of carbonyl (C=O) groups excluding carboxylic acids is 1. The third-order valence-electron chi connectivity index (χ3n) is 4.07. The topological polar surface area (TPSA) is 49.3 Å². The SMILES string of the molecule is C[C@@H](C(=O)Nc1ccccc1)[C@H](O)c1cccc2ccccc12. The first-order valence-electron chi connectivity index (χ1n) is 7.68. The van der Waals surface area contributed by atoms with Crippen LogP contribution in [0.2, 0.25) is 0 Å². The molecule has 0 unspecified atom stereocenters. The Kier molecular flexibility index (Phi) is 4.40. The van der Waals surface area contributed by atoms with Crippen LogP contribution in [0.25, 0.3) is 10.8 Å². The van der Waals surface area contributed by atoms with Crippen molar-refractivity contribution in [1.29, 1.82) is 0 Å². The number of hydrogen-bond donors (Lipinski definition) is 2. The summed E-state index contributed by atoms with van der Waals surface area (Å²) in [5, 5.41) is 15.5. The first-order chi connectivity index (χ1) is 11.2. The Labute approximate surface area is 135 Å². The van der Waals surface area contributed by atoms with Crippen molar-refractivity contribution in [2.45, 2.75) is 13.0 Å². The highest BCUT2D eigenvalue weighted by molar-refractivity contribution is 5.93. The van der Waals surface area contributed by atoms with Crippen LogP contribution in [-0.2, 0) is 4.79 Å². The lowest BCUT2D eigenvalue weighted by Crippen LogP contribution is -2.26. The highest BCUT2D eigenvalue weighted by Gasteiger charge is 2.24. The van der Waals surface area contributed by atoms with Gasteiger partial charge in [-0.15, -0.1) is 0 Å². The molecular weight excluding hydrogens is 286 g/mol. The first kappa shape index (κ1) is 15.3. The number of fused-ring (bicyclic) bond motifs is 1. The standard InChI is InChI=1S/C20H19NO2/c1-14(20(23)21-16-10-3-2-4-11-16)19(22)18-13-7-9-15-8-5-6-12-17(15)18/h2-14,19,22H,1H3,(H,21,23)/t14-,19+/m1/s1. The minimum Gasteiger partial charge on any atom is -0.388 e. The van der Waals surface area contributed by atoms with Crippen LogP contribution >= 0.6 is 0 Å². The van der Waals surface area contributed by atoms with E-state index in [9.17, 15) is 9.90 Å². The largest absolute Gasteiger partial charge is 0.388 e. The Hall–Kier alpha value is -2.65. The molecule has 0 spiro atoms. The fraction of sp³-hybridized carbons (Fsp3) is 0.150. The number of anilines is 1. The van der Waals surface area contributed by atoms with Crippen LogP contribution < -0.4 is 5.32 Å². The van der Waals surface area contributed by atoms with Crippen molar-refractivity contribution in [3.8, 4) is 0 Å². The normalized spacial score (nSPS) is 13.5. The lowest BCUT2D eigenvalue weighted by molar-refractivity contribution is -0.122. The third-order valence-corrected chi connectivity index (χ3v) is 4.07. The maximum atomic E-state index is 12.4. The van der Waals surface area contributed by atoms with E-state index in [1.54, 1.807) is 6.92 Å². The van der Waals surface area contributed by atoms with Gasteiger partial charge in [-0.2, -0.15) is 0 Å². The second-order valence-electron chi connectivity index (χ2n) is 5.66. The summed E-state index contributed by atoms with van der Waals surface area (Å²) < 4.78 is 0. The van der Waals surface area contributed by atoms with Gasteiger partial charge in [0.05, 0.1) is 12.0 Å². The molecule has 0 heterocycles. The van der Waals surface area contributed by atoms with Crippen LogP contribution in [0.5, 0.6) is 0 Å². The zero-order chi connectivity index (χ0) is 16.2. The maximum absolute atomic E-state index is 12.4. The average molecular weight is 305 g/mol. The highest BCUT2D eigenvalue weighted by atomic mass is 16.3. The summed E-state index contributed by atoms with van der Waals surface area (Å²) in [6.07, 6.45) is -0.857. The molecule has 0 fully saturated rings. The second-order valence-corrected chi connectivity index (χ2v) is 5.66. The third kappa shape index (κ3) is 3.25. The molecule has 0 aliphatic rings. The van der Waals surface area contributed by atoms with E-state index in [1.165, 1.54) is 0 Å². The number of hydrogen-bond acceptors (Lipinski definition) is 2. The molecule has 0 radical (unpaired) electrons. The number of aliphatic hydroxyl groups is 1. The van der Waals surface area contributed by atoms with Gasteiger partial charge in [0.2, 0.25) is 5.91 Å². The van der Waals surface area contributed by atoms with E-state index in [-0.39, 0.29) is 5.91 Å². The van der Waals surface area contributed by atoms with Crippen molar-refractivity contribution in [1.82, 2.24) is 0 Å². The molecule has 1 amide bonds. The van der Waals surface area contributed by atoms with E-state index < -0.39 is 12.0 Å². The van der Waals surface area contributed by atoms with Gasteiger partial charge >= 0.3 is 0 Å². The van der Waals surface area contributed by atoms with Gasteiger partial charge in [-0.25, -0.2) is 0 Å². The molecule has 0 saturated carbocycles. The number of nitrogens with one attached hydrogen (secondary N) is 1. The predicted octanol–water partition coefficient (Wildman–Crippen LogP) is 4.15. The molecule has 3 aromatic carbocycles. The zero-order valence-corrected chi connectivity index (χ0v) is 12.9. The van der Waals surface area contributed by atoms with E-state index in [4.69, 9.17) is 0 Å². The Morgan fingerprint density at radius 3 is 2.35 bits per heavy atom. The quantitative estimate of drug-likeness (QED) is 0.761. The van der Waals surface area contributed by atoms with Gasteiger partial charge < -0.3 is 10.4 Å². The molecule has 0 bridgehead atoms. The molecule has 2 atom stereocenters. The minimum absolute atomic E-state index is 0.198. The van der Waals surface area contributed by atoms with Crippen LogP contribution in [0.1, 0.15) is 18.6 Å². The molecule has 116 valence electrons. The monoisotopic (exact) mass is 305 g/mol. The Bertz CT molecular complexity index is 809. The van der Waals surface area contributed by atoms with Crippen molar-refractivity contribution < 1.29 is 9.90 Å². The van der Waals surface area contributed by atoms with E-state index in [0.29, 0.717) is 0 Å². The average Bonchev–Trinajstić information content (AvgIpc) is 2.60. The van der Waals surface area contributed by atoms with Gasteiger partial charge in [0.25, 0.3) is 0 Å². The van der Waals surface area contributed by atoms with Crippen molar-refractivity contribution >= 4 is 22.4 Å². The smallest absolute Gasteiger partial charge is 0.230 e. The van der Waals surface area contributed by atoms with Crippen LogP contribution in [0.15, 0.2) is 72.8 Å². The fourth-order valence-electron chi connectivity index (χ4n) is 2.70. The molecule has 23 heavy (non-hydrogen) atoms. The lowest BCUT2D eigenvalue weighted by Gasteiger charge is -2.20. The maximum Gasteiger partial charge on any atom is 0.230 e. The Morgan fingerprint density at radius 2 is 1.57 bits per heavy atom. The number of rotatable bonds is 4. The number of amides is 1. The molecule has 3 heteroatoms. The lowest BCUT2D eigenvalue weighted by atomic mass is 9.92. The molecular formula is C20H19NO2. The van der Waals surface area contributed by atoms with Crippen LogP contribution in [-0.4, -0.2) is 11.0 Å². The number of aliphatic hydroxyl groups excluding tert-OH is 1.